The van der Waals surface area contributed by atoms with Crippen LogP contribution in [0.5, 0.6) is 0 Å². The molecule has 0 aromatic rings. The third-order valence-corrected chi connectivity index (χ3v) is 4.26. The fourth-order valence-corrected chi connectivity index (χ4v) is 3.18. The van der Waals surface area contributed by atoms with E-state index in [1.807, 2.05) is 0 Å². The maximum atomic E-state index is 11.8. The van der Waals surface area contributed by atoms with E-state index in [1.165, 1.54) is 31.8 Å². The number of hydrogen-bond acceptors (Lipinski definition) is 3. The second kappa shape index (κ2) is 7.43. The molecule has 20 heavy (non-hydrogen) atoms. The highest BCUT2D eigenvalue weighted by molar-refractivity contribution is 5.87. The van der Waals surface area contributed by atoms with Crippen molar-refractivity contribution < 1.29 is 9.59 Å². The standard InChI is InChI=1S/C15H25N3O2/c1-2-14(19)16-9-7-15(20)17-12-8-10-18(11-12)13-5-3-4-6-13/h2,12-13H,1,3-11H2,(H,16,19)(H,17,20). The summed E-state index contributed by atoms with van der Waals surface area (Å²) in [5, 5.41) is 5.68. The molecule has 2 rings (SSSR count). The van der Waals surface area contributed by atoms with Gasteiger partial charge in [0.2, 0.25) is 11.8 Å². The molecule has 1 saturated carbocycles. The molecule has 2 N–H and O–H groups in total. The van der Waals surface area contributed by atoms with Crippen LogP contribution in [0.3, 0.4) is 0 Å². The second-order valence-corrected chi connectivity index (χ2v) is 5.73. The van der Waals surface area contributed by atoms with Crippen LogP contribution < -0.4 is 10.6 Å². The van der Waals surface area contributed by atoms with Crippen LogP contribution in [-0.4, -0.2) is 48.4 Å². The molecule has 0 aromatic carbocycles. The Kier molecular flexibility index (Phi) is 5.59. The molecule has 112 valence electrons. The van der Waals surface area contributed by atoms with E-state index >= 15 is 0 Å². The van der Waals surface area contributed by atoms with E-state index in [4.69, 9.17) is 0 Å². The van der Waals surface area contributed by atoms with Gasteiger partial charge in [-0.3, -0.25) is 14.5 Å². The highest BCUT2D eigenvalue weighted by Gasteiger charge is 2.30. The number of nitrogens with one attached hydrogen (secondary N) is 2. The van der Waals surface area contributed by atoms with Gasteiger partial charge in [-0.15, -0.1) is 0 Å². The largest absolute Gasteiger partial charge is 0.352 e. The van der Waals surface area contributed by atoms with Crippen LogP contribution in [0, 0.1) is 0 Å². The molecule has 1 saturated heterocycles. The van der Waals surface area contributed by atoms with Crippen LogP contribution in [0.25, 0.3) is 0 Å². The summed E-state index contributed by atoms with van der Waals surface area (Å²) in [5.74, 6) is -0.210. The molecule has 1 heterocycles. The Labute approximate surface area is 120 Å². The molecule has 5 nitrogen and oxygen atoms in total. The van der Waals surface area contributed by atoms with Crippen molar-refractivity contribution in [2.75, 3.05) is 19.6 Å². The topological polar surface area (TPSA) is 61.4 Å². The number of amides is 2. The zero-order valence-corrected chi connectivity index (χ0v) is 12.1. The van der Waals surface area contributed by atoms with Gasteiger partial charge < -0.3 is 10.6 Å². The molecule has 0 spiro atoms. The lowest BCUT2D eigenvalue weighted by Crippen LogP contribution is -2.40. The van der Waals surface area contributed by atoms with E-state index in [-0.39, 0.29) is 17.9 Å². The second-order valence-electron chi connectivity index (χ2n) is 5.73. The zero-order chi connectivity index (χ0) is 14.4. The Bertz CT molecular complexity index is 364. The van der Waals surface area contributed by atoms with Gasteiger partial charge in [0.05, 0.1) is 0 Å². The van der Waals surface area contributed by atoms with Gasteiger partial charge in [0.25, 0.3) is 0 Å². The van der Waals surface area contributed by atoms with Crippen LogP contribution in [0.2, 0.25) is 0 Å². The Hall–Kier alpha value is -1.36. The van der Waals surface area contributed by atoms with E-state index in [9.17, 15) is 9.59 Å². The van der Waals surface area contributed by atoms with Gasteiger partial charge in [0.1, 0.15) is 0 Å². The van der Waals surface area contributed by atoms with Crippen LogP contribution >= 0.6 is 0 Å². The normalized spacial score (nSPS) is 23.7. The number of nitrogens with zero attached hydrogens (tertiary/aromatic N) is 1. The summed E-state index contributed by atoms with van der Waals surface area (Å²) in [4.78, 5) is 25.3. The minimum absolute atomic E-state index is 0.0210. The van der Waals surface area contributed by atoms with Crippen LogP contribution in [0.15, 0.2) is 12.7 Å². The van der Waals surface area contributed by atoms with Crippen LogP contribution in [0.4, 0.5) is 0 Å². The number of likely N-dealkylation sites (tertiary alicyclic amines) is 1. The third kappa shape index (κ3) is 4.34. The first-order chi connectivity index (χ1) is 9.69. The van der Waals surface area contributed by atoms with Gasteiger partial charge in [-0.05, 0) is 25.3 Å². The van der Waals surface area contributed by atoms with Crippen molar-refractivity contribution in [3.8, 4) is 0 Å². The molecule has 0 radical (unpaired) electrons. The quantitative estimate of drug-likeness (QED) is 0.707. The van der Waals surface area contributed by atoms with Gasteiger partial charge in [-0.25, -0.2) is 0 Å². The molecule has 1 aliphatic carbocycles. The van der Waals surface area contributed by atoms with Crippen molar-refractivity contribution >= 4 is 11.8 Å². The molecular weight excluding hydrogens is 254 g/mol. The molecular formula is C15H25N3O2. The van der Waals surface area contributed by atoms with E-state index in [1.54, 1.807) is 0 Å². The van der Waals surface area contributed by atoms with Crippen molar-refractivity contribution in [1.82, 2.24) is 15.5 Å². The molecule has 2 aliphatic rings. The molecule has 5 heteroatoms. The first-order valence-corrected chi connectivity index (χ1v) is 7.62. The highest BCUT2D eigenvalue weighted by atomic mass is 16.2. The van der Waals surface area contributed by atoms with E-state index in [0.717, 1.165) is 25.6 Å². The van der Waals surface area contributed by atoms with E-state index in [0.29, 0.717) is 13.0 Å². The molecule has 1 unspecified atom stereocenters. The van der Waals surface area contributed by atoms with E-state index in [2.05, 4.69) is 22.1 Å². The predicted octanol–water partition coefficient (Wildman–Crippen LogP) is 0.812. The Balaban J connectivity index is 1.62. The minimum Gasteiger partial charge on any atom is -0.352 e. The first-order valence-electron chi connectivity index (χ1n) is 7.62. The zero-order valence-electron chi connectivity index (χ0n) is 12.1. The maximum Gasteiger partial charge on any atom is 0.243 e. The fraction of sp³-hybridized carbons (Fsp3) is 0.733. The van der Waals surface area contributed by atoms with Crippen LogP contribution in [-0.2, 0) is 9.59 Å². The predicted molar refractivity (Wildman–Crippen MR) is 78.2 cm³/mol. The molecule has 2 fully saturated rings. The smallest absolute Gasteiger partial charge is 0.243 e. The Morgan fingerprint density at radius 3 is 2.70 bits per heavy atom. The third-order valence-electron chi connectivity index (χ3n) is 4.26. The number of rotatable bonds is 6. The summed E-state index contributed by atoms with van der Waals surface area (Å²) in [5.41, 5.74) is 0. The SMILES string of the molecule is C=CC(=O)NCCC(=O)NC1CCN(C2CCCC2)C1. The molecule has 2 amide bonds. The van der Waals surface area contributed by atoms with Gasteiger partial charge in [0, 0.05) is 38.1 Å². The first kappa shape index (κ1) is 15.0. The monoisotopic (exact) mass is 279 g/mol. The number of carbonyl (C=O) groups excluding carboxylic acids is 2. The number of carbonyl (C=O) groups is 2. The summed E-state index contributed by atoms with van der Waals surface area (Å²) in [6, 6.07) is 1.02. The summed E-state index contributed by atoms with van der Waals surface area (Å²) in [6.07, 6.45) is 7.92. The Morgan fingerprint density at radius 1 is 1.25 bits per heavy atom. The minimum atomic E-state index is -0.230. The van der Waals surface area contributed by atoms with Crippen molar-refractivity contribution in [2.24, 2.45) is 0 Å². The van der Waals surface area contributed by atoms with Crippen molar-refractivity contribution in [3.05, 3.63) is 12.7 Å². The lowest BCUT2D eigenvalue weighted by Gasteiger charge is -2.23. The number of hydrogen-bond donors (Lipinski definition) is 2. The Morgan fingerprint density at radius 2 is 2.00 bits per heavy atom. The average molecular weight is 279 g/mol. The maximum absolute atomic E-state index is 11.8. The fourth-order valence-electron chi connectivity index (χ4n) is 3.18. The van der Waals surface area contributed by atoms with Gasteiger partial charge in [-0.2, -0.15) is 0 Å². The van der Waals surface area contributed by atoms with Crippen molar-refractivity contribution in [2.45, 2.75) is 50.6 Å². The molecule has 0 bridgehead atoms. The van der Waals surface area contributed by atoms with Gasteiger partial charge in [-0.1, -0.05) is 19.4 Å². The lowest BCUT2D eigenvalue weighted by molar-refractivity contribution is -0.121. The van der Waals surface area contributed by atoms with E-state index < -0.39 is 0 Å². The summed E-state index contributed by atoms with van der Waals surface area (Å²) in [7, 11) is 0. The molecule has 1 aliphatic heterocycles. The van der Waals surface area contributed by atoms with Crippen LogP contribution in [0.1, 0.15) is 38.5 Å². The van der Waals surface area contributed by atoms with Crippen molar-refractivity contribution in [3.63, 3.8) is 0 Å². The summed E-state index contributed by atoms with van der Waals surface area (Å²) in [6.45, 7) is 5.82. The van der Waals surface area contributed by atoms with Gasteiger partial charge >= 0.3 is 0 Å². The molecule has 0 aromatic heterocycles. The average Bonchev–Trinajstić information content (AvgIpc) is 3.08. The summed E-state index contributed by atoms with van der Waals surface area (Å²) >= 11 is 0. The highest BCUT2D eigenvalue weighted by Crippen LogP contribution is 2.26. The lowest BCUT2D eigenvalue weighted by atomic mass is 10.2. The van der Waals surface area contributed by atoms with Crippen molar-refractivity contribution in [1.29, 1.82) is 0 Å². The summed E-state index contributed by atoms with van der Waals surface area (Å²) < 4.78 is 0. The van der Waals surface area contributed by atoms with Gasteiger partial charge in [0.15, 0.2) is 0 Å². The molecule has 1 atom stereocenters.